The zero-order chi connectivity index (χ0) is 15.5. The summed E-state index contributed by atoms with van der Waals surface area (Å²) >= 11 is 0. The molecule has 0 radical (unpaired) electrons. The number of aryl methyl sites for hydroxylation is 2. The first-order valence-corrected chi connectivity index (χ1v) is 7.52. The second-order valence-corrected chi connectivity index (χ2v) is 5.57. The van der Waals surface area contributed by atoms with Gasteiger partial charge in [-0.25, -0.2) is 9.18 Å². The number of hydrogen-bond acceptors (Lipinski definition) is 2. The lowest BCUT2D eigenvalue weighted by molar-refractivity contribution is 0.247. The van der Waals surface area contributed by atoms with Crippen molar-refractivity contribution in [1.29, 1.82) is 0 Å². The summed E-state index contributed by atoms with van der Waals surface area (Å²) in [6.07, 6.45) is 4.95. The van der Waals surface area contributed by atoms with Crippen molar-refractivity contribution in [1.82, 2.24) is 15.5 Å². The number of amides is 2. The van der Waals surface area contributed by atoms with Gasteiger partial charge in [0.25, 0.3) is 0 Å². The second-order valence-electron chi connectivity index (χ2n) is 5.57. The molecule has 0 saturated heterocycles. The van der Waals surface area contributed by atoms with Crippen LogP contribution in [-0.4, -0.2) is 22.3 Å². The number of urea groups is 1. The third-order valence-corrected chi connectivity index (χ3v) is 4.04. The Labute approximate surface area is 128 Å². The van der Waals surface area contributed by atoms with Crippen molar-refractivity contribution in [2.24, 2.45) is 0 Å². The first-order chi connectivity index (χ1) is 10.7. The lowest BCUT2D eigenvalue weighted by Gasteiger charge is -2.23. The number of carbonyl (C=O) groups is 1. The summed E-state index contributed by atoms with van der Waals surface area (Å²) in [5.74, 6) is -0.291. The van der Waals surface area contributed by atoms with E-state index in [0.29, 0.717) is 17.7 Å². The highest BCUT2D eigenvalue weighted by Crippen LogP contribution is 2.19. The topological polar surface area (TPSA) is 69.8 Å². The molecule has 1 aliphatic rings. The Kier molecular flexibility index (Phi) is 4.09. The van der Waals surface area contributed by atoms with Gasteiger partial charge in [0.05, 0.1) is 6.20 Å². The molecule has 1 aromatic heterocycles. The molecule has 2 amide bonds. The van der Waals surface area contributed by atoms with Gasteiger partial charge in [-0.3, -0.25) is 5.10 Å². The summed E-state index contributed by atoms with van der Waals surface area (Å²) in [4.78, 5) is 12.0. The van der Waals surface area contributed by atoms with Crippen LogP contribution in [0.5, 0.6) is 0 Å². The average Bonchev–Trinajstić information content (AvgIpc) is 2.95. The molecule has 6 heteroatoms. The molecule has 3 N–H and O–H groups in total. The lowest BCUT2D eigenvalue weighted by Crippen LogP contribution is -2.41. The summed E-state index contributed by atoms with van der Waals surface area (Å²) in [5, 5.41) is 12.6. The Balaban J connectivity index is 1.58. The number of H-pyrrole nitrogens is 1. The van der Waals surface area contributed by atoms with Gasteiger partial charge in [0.2, 0.25) is 0 Å². The quantitative estimate of drug-likeness (QED) is 0.816. The lowest BCUT2D eigenvalue weighted by atomic mass is 9.94. The summed E-state index contributed by atoms with van der Waals surface area (Å²) in [6, 6.07) is 4.54. The highest BCUT2D eigenvalue weighted by Gasteiger charge is 2.21. The molecular formula is C16H19FN4O. The molecule has 1 aromatic carbocycles. The number of fused-ring (bicyclic) bond motifs is 1. The normalized spacial score (nSPS) is 16.9. The van der Waals surface area contributed by atoms with Crippen molar-refractivity contribution in [2.45, 2.75) is 38.6 Å². The number of hydrogen-bond donors (Lipinski definition) is 3. The summed E-state index contributed by atoms with van der Waals surface area (Å²) in [5.41, 5.74) is 3.41. The number of benzene rings is 1. The minimum Gasteiger partial charge on any atom is -0.335 e. The molecule has 0 fully saturated rings. The van der Waals surface area contributed by atoms with Gasteiger partial charge >= 0.3 is 6.03 Å². The van der Waals surface area contributed by atoms with E-state index in [-0.39, 0.29) is 17.9 Å². The van der Waals surface area contributed by atoms with Crippen molar-refractivity contribution >= 4 is 11.7 Å². The Morgan fingerprint density at radius 1 is 1.50 bits per heavy atom. The molecule has 1 heterocycles. The molecule has 1 atom stereocenters. The van der Waals surface area contributed by atoms with Crippen LogP contribution < -0.4 is 10.6 Å². The first kappa shape index (κ1) is 14.6. The number of anilines is 1. The van der Waals surface area contributed by atoms with E-state index in [1.165, 1.54) is 6.07 Å². The standard InChI is InChI=1S/C16H19FN4O/c1-2-10-3-4-13(8-14(10)17)20-16(22)19-12-5-6-15-11(7-12)9-18-21-15/h3-4,8-9,12H,2,5-7H2,1H3,(H,18,21)(H2,19,20,22)/t12-/m0/s1. The third kappa shape index (κ3) is 3.10. The molecule has 3 rings (SSSR count). The Morgan fingerprint density at radius 3 is 3.14 bits per heavy atom. The van der Waals surface area contributed by atoms with E-state index in [1.54, 1.807) is 18.3 Å². The number of rotatable bonds is 3. The minimum atomic E-state index is -0.305. The maximum Gasteiger partial charge on any atom is 0.319 e. The molecular weight excluding hydrogens is 283 g/mol. The zero-order valence-corrected chi connectivity index (χ0v) is 12.4. The molecule has 0 aliphatic heterocycles. The first-order valence-electron chi connectivity index (χ1n) is 7.52. The number of aromatic nitrogens is 2. The fourth-order valence-electron chi connectivity index (χ4n) is 2.80. The van der Waals surface area contributed by atoms with E-state index in [9.17, 15) is 9.18 Å². The molecule has 22 heavy (non-hydrogen) atoms. The molecule has 2 aromatic rings. The molecule has 5 nitrogen and oxygen atoms in total. The van der Waals surface area contributed by atoms with Crippen molar-refractivity contribution in [3.05, 3.63) is 47.0 Å². The SMILES string of the molecule is CCc1ccc(NC(=O)N[C@H]2CCc3[nH]ncc3C2)cc1F. The van der Waals surface area contributed by atoms with Gasteiger partial charge in [-0.15, -0.1) is 0 Å². The van der Waals surface area contributed by atoms with Crippen LogP contribution in [-0.2, 0) is 19.3 Å². The van der Waals surface area contributed by atoms with E-state index in [4.69, 9.17) is 0 Å². The maximum atomic E-state index is 13.7. The average molecular weight is 302 g/mol. The molecule has 0 saturated carbocycles. The summed E-state index contributed by atoms with van der Waals surface area (Å²) < 4.78 is 13.7. The van der Waals surface area contributed by atoms with Gasteiger partial charge < -0.3 is 10.6 Å². The van der Waals surface area contributed by atoms with Crippen molar-refractivity contribution < 1.29 is 9.18 Å². The van der Waals surface area contributed by atoms with Crippen LogP contribution in [0.3, 0.4) is 0 Å². The van der Waals surface area contributed by atoms with Gasteiger partial charge in [0.1, 0.15) is 5.82 Å². The fraction of sp³-hybridized carbons (Fsp3) is 0.375. The van der Waals surface area contributed by atoms with Gasteiger partial charge in [0.15, 0.2) is 0 Å². The van der Waals surface area contributed by atoms with E-state index in [2.05, 4.69) is 20.8 Å². The fourth-order valence-corrected chi connectivity index (χ4v) is 2.80. The number of carbonyl (C=O) groups excluding carboxylic acids is 1. The van der Waals surface area contributed by atoms with Crippen LogP contribution in [0, 0.1) is 5.82 Å². The molecule has 0 unspecified atom stereocenters. The van der Waals surface area contributed by atoms with Crippen LogP contribution in [0.2, 0.25) is 0 Å². The zero-order valence-electron chi connectivity index (χ0n) is 12.4. The van der Waals surface area contributed by atoms with Gasteiger partial charge in [-0.05, 0) is 48.9 Å². The molecule has 116 valence electrons. The predicted molar refractivity (Wildman–Crippen MR) is 82.3 cm³/mol. The maximum absolute atomic E-state index is 13.7. The van der Waals surface area contributed by atoms with E-state index < -0.39 is 0 Å². The Bertz CT molecular complexity index is 683. The highest BCUT2D eigenvalue weighted by molar-refractivity contribution is 5.89. The largest absolute Gasteiger partial charge is 0.335 e. The predicted octanol–water partition coefficient (Wildman–Crippen LogP) is 2.79. The molecule has 0 bridgehead atoms. The molecule has 1 aliphatic carbocycles. The van der Waals surface area contributed by atoms with Gasteiger partial charge in [-0.2, -0.15) is 5.10 Å². The van der Waals surface area contributed by atoms with Crippen molar-refractivity contribution in [3.63, 3.8) is 0 Å². The smallest absolute Gasteiger partial charge is 0.319 e. The van der Waals surface area contributed by atoms with E-state index in [1.807, 2.05) is 6.92 Å². The summed E-state index contributed by atoms with van der Waals surface area (Å²) in [6.45, 7) is 1.89. The van der Waals surface area contributed by atoms with E-state index >= 15 is 0 Å². The van der Waals surface area contributed by atoms with Crippen LogP contribution in [0.1, 0.15) is 30.2 Å². The van der Waals surface area contributed by atoms with Crippen molar-refractivity contribution in [3.8, 4) is 0 Å². The monoisotopic (exact) mass is 302 g/mol. The van der Waals surface area contributed by atoms with Crippen LogP contribution in [0.15, 0.2) is 24.4 Å². The van der Waals surface area contributed by atoms with Gasteiger partial charge in [0, 0.05) is 17.4 Å². The highest BCUT2D eigenvalue weighted by atomic mass is 19.1. The summed E-state index contributed by atoms with van der Waals surface area (Å²) in [7, 11) is 0. The van der Waals surface area contributed by atoms with Crippen LogP contribution >= 0.6 is 0 Å². The third-order valence-electron chi connectivity index (χ3n) is 4.04. The number of aromatic amines is 1. The number of nitrogens with zero attached hydrogens (tertiary/aromatic N) is 1. The molecule has 0 spiro atoms. The van der Waals surface area contributed by atoms with E-state index in [0.717, 1.165) is 30.5 Å². The van der Waals surface area contributed by atoms with Crippen LogP contribution in [0.25, 0.3) is 0 Å². The Hall–Kier alpha value is -2.37. The number of halogens is 1. The van der Waals surface area contributed by atoms with Gasteiger partial charge in [-0.1, -0.05) is 13.0 Å². The second kappa shape index (κ2) is 6.17. The van der Waals surface area contributed by atoms with Crippen LogP contribution in [0.4, 0.5) is 14.9 Å². The Morgan fingerprint density at radius 2 is 2.36 bits per heavy atom. The van der Waals surface area contributed by atoms with Crippen molar-refractivity contribution in [2.75, 3.05) is 5.32 Å². The number of nitrogens with one attached hydrogen (secondary N) is 3. The minimum absolute atomic E-state index is 0.0739.